The van der Waals surface area contributed by atoms with Crippen molar-refractivity contribution in [2.45, 2.75) is 20.3 Å². The fourth-order valence-corrected chi connectivity index (χ4v) is 2.34. The summed E-state index contributed by atoms with van der Waals surface area (Å²) in [7, 11) is 0. The summed E-state index contributed by atoms with van der Waals surface area (Å²) in [6.07, 6.45) is 4.28. The maximum Gasteiger partial charge on any atom is 0.162 e. The van der Waals surface area contributed by atoms with Gasteiger partial charge in [0, 0.05) is 33.7 Å². The van der Waals surface area contributed by atoms with Crippen molar-refractivity contribution in [2.24, 2.45) is 0 Å². The van der Waals surface area contributed by atoms with E-state index in [2.05, 4.69) is 30.9 Å². The Balaban J connectivity index is 2.54. The molecule has 0 fully saturated rings. The first-order valence-electron chi connectivity index (χ1n) is 5.25. The van der Waals surface area contributed by atoms with Crippen LogP contribution in [0, 0.1) is 6.92 Å². The fraction of sp³-hybridized carbons (Fsp3) is 0.250. The first-order chi connectivity index (χ1) is 8.11. The lowest BCUT2D eigenvalue weighted by Crippen LogP contribution is -1.99. The highest BCUT2D eigenvalue weighted by atomic mass is 79.9. The van der Waals surface area contributed by atoms with Crippen molar-refractivity contribution in [1.29, 1.82) is 0 Å². The van der Waals surface area contributed by atoms with E-state index in [0.29, 0.717) is 11.0 Å². The second kappa shape index (κ2) is 5.10. The van der Waals surface area contributed by atoms with Crippen LogP contribution in [0.4, 0.5) is 0 Å². The van der Waals surface area contributed by atoms with Gasteiger partial charge in [0.2, 0.25) is 0 Å². The summed E-state index contributed by atoms with van der Waals surface area (Å²) in [6.45, 7) is 3.99. The number of pyridine rings is 1. The van der Waals surface area contributed by atoms with E-state index < -0.39 is 0 Å². The van der Waals surface area contributed by atoms with Gasteiger partial charge in [0.05, 0.1) is 0 Å². The highest BCUT2D eigenvalue weighted by molar-refractivity contribution is 9.10. The molecule has 3 nitrogen and oxygen atoms in total. The monoisotopic (exact) mass is 311 g/mol. The first kappa shape index (κ1) is 12.5. The summed E-state index contributed by atoms with van der Waals surface area (Å²) in [5.41, 5.74) is 2.77. The average molecular weight is 313 g/mol. The van der Waals surface area contributed by atoms with Crippen molar-refractivity contribution >= 4 is 27.5 Å². The summed E-state index contributed by atoms with van der Waals surface area (Å²) in [6, 6.07) is 1.92. The quantitative estimate of drug-likeness (QED) is 0.791. The maximum absolute atomic E-state index is 6.14. The molecule has 0 N–H and O–H groups in total. The Bertz CT molecular complexity index is 534. The molecule has 0 aromatic carbocycles. The smallest absolute Gasteiger partial charge is 0.162 e. The van der Waals surface area contributed by atoms with Crippen LogP contribution in [-0.2, 0) is 6.42 Å². The zero-order valence-electron chi connectivity index (χ0n) is 9.54. The van der Waals surface area contributed by atoms with Crippen LogP contribution >= 0.6 is 27.5 Å². The molecule has 0 radical (unpaired) electrons. The van der Waals surface area contributed by atoms with Crippen LogP contribution in [-0.4, -0.2) is 15.0 Å². The predicted molar refractivity (Wildman–Crippen MR) is 72.1 cm³/mol. The Kier molecular flexibility index (Phi) is 3.74. The molecule has 2 rings (SSSR count). The van der Waals surface area contributed by atoms with E-state index in [1.54, 1.807) is 12.4 Å². The van der Waals surface area contributed by atoms with Crippen LogP contribution in [0.2, 0.25) is 5.15 Å². The molecule has 0 unspecified atom stereocenters. The summed E-state index contributed by atoms with van der Waals surface area (Å²) in [5.74, 6) is 0.610. The summed E-state index contributed by atoms with van der Waals surface area (Å²) in [5, 5.41) is 0.523. The number of nitrogens with zero attached hydrogens (tertiary/aromatic N) is 3. The summed E-state index contributed by atoms with van der Waals surface area (Å²) >= 11 is 9.51. The molecule has 0 aliphatic rings. The standard InChI is InChI=1S/C12H11BrClN3/c1-3-10-7(2)16-12(17-11(10)14)8-4-9(13)6-15-5-8/h4-6H,3H2,1-2H3. The van der Waals surface area contributed by atoms with Gasteiger partial charge < -0.3 is 0 Å². The Labute approximate surface area is 113 Å². The van der Waals surface area contributed by atoms with E-state index in [1.807, 2.05) is 19.9 Å². The van der Waals surface area contributed by atoms with E-state index in [0.717, 1.165) is 27.7 Å². The normalized spacial score (nSPS) is 10.6. The Morgan fingerprint density at radius 1 is 1.29 bits per heavy atom. The molecule has 0 spiro atoms. The second-order valence-corrected chi connectivity index (χ2v) is 4.92. The largest absolute Gasteiger partial charge is 0.263 e. The number of rotatable bonds is 2. The lowest BCUT2D eigenvalue weighted by atomic mass is 10.2. The Morgan fingerprint density at radius 2 is 2.06 bits per heavy atom. The fourth-order valence-electron chi connectivity index (χ4n) is 1.63. The van der Waals surface area contributed by atoms with Crippen LogP contribution in [0.1, 0.15) is 18.2 Å². The maximum atomic E-state index is 6.14. The molecule has 5 heteroatoms. The third-order valence-electron chi connectivity index (χ3n) is 2.48. The average Bonchev–Trinajstić information content (AvgIpc) is 2.28. The Hall–Kier alpha value is -1.00. The van der Waals surface area contributed by atoms with Gasteiger partial charge in [-0.3, -0.25) is 4.98 Å². The van der Waals surface area contributed by atoms with E-state index >= 15 is 0 Å². The SMILES string of the molecule is CCc1c(C)nc(-c2cncc(Br)c2)nc1Cl. The molecule has 0 saturated carbocycles. The molecule has 2 heterocycles. The molecule has 0 saturated heterocycles. The van der Waals surface area contributed by atoms with Gasteiger partial charge in [-0.2, -0.15) is 0 Å². The molecular weight excluding hydrogens is 302 g/mol. The molecule has 2 aromatic rings. The number of hydrogen-bond acceptors (Lipinski definition) is 3. The highest BCUT2D eigenvalue weighted by Gasteiger charge is 2.10. The van der Waals surface area contributed by atoms with Gasteiger partial charge in [-0.25, -0.2) is 9.97 Å². The summed E-state index contributed by atoms with van der Waals surface area (Å²) < 4.78 is 0.895. The van der Waals surface area contributed by atoms with Gasteiger partial charge in [-0.15, -0.1) is 0 Å². The van der Waals surface area contributed by atoms with E-state index in [4.69, 9.17) is 11.6 Å². The van der Waals surface area contributed by atoms with Crippen LogP contribution in [0.5, 0.6) is 0 Å². The number of aryl methyl sites for hydroxylation is 1. The van der Waals surface area contributed by atoms with Crippen molar-refractivity contribution in [1.82, 2.24) is 15.0 Å². The highest BCUT2D eigenvalue weighted by Crippen LogP contribution is 2.23. The van der Waals surface area contributed by atoms with Crippen molar-refractivity contribution in [3.63, 3.8) is 0 Å². The van der Waals surface area contributed by atoms with Gasteiger partial charge in [0.1, 0.15) is 5.15 Å². The van der Waals surface area contributed by atoms with E-state index in [9.17, 15) is 0 Å². The lowest BCUT2D eigenvalue weighted by molar-refractivity contribution is 1.00. The van der Waals surface area contributed by atoms with Crippen molar-refractivity contribution < 1.29 is 0 Å². The molecular formula is C12H11BrClN3. The molecule has 17 heavy (non-hydrogen) atoms. The lowest BCUT2D eigenvalue weighted by Gasteiger charge is -2.07. The van der Waals surface area contributed by atoms with Crippen LogP contribution < -0.4 is 0 Å². The third-order valence-corrected chi connectivity index (χ3v) is 3.23. The molecule has 0 aliphatic carbocycles. The van der Waals surface area contributed by atoms with Crippen LogP contribution in [0.15, 0.2) is 22.9 Å². The second-order valence-electron chi connectivity index (χ2n) is 3.65. The molecule has 0 amide bonds. The zero-order chi connectivity index (χ0) is 12.4. The minimum Gasteiger partial charge on any atom is -0.263 e. The number of halogens is 2. The molecule has 88 valence electrons. The van der Waals surface area contributed by atoms with Gasteiger partial charge >= 0.3 is 0 Å². The third kappa shape index (κ3) is 2.64. The number of hydrogen-bond donors (Lipinski definition) is 0. The van der Waals surface area contributed by atoms with Crippen LogP contribution in [0.3, 0.4) is 0 Å². The van der Waals surface area contributed by atoms with E-state index in [1.165, 1.54) is 0 Å². The Morgan fingerprint density at radius 3 is 2.65 bits per heavy atom. The molecule has 2 aromatic heterocycles. The van der Waals surface area contributed by atoms with Gasteiger partial charge in [-0.05, 0) is 35.3 Å². The predicted octanol–water partition coefficient (Wildman–Crippen LogP) is 3.83. The van der Waals surface area contributed by atoms with Crippen molar-refractivity contribution in [2.75, 3.05) is 0 Å². The molecule has 0 atom stereocenters. The van der Waals surface area contributed by atoms with Crippen molar-refractivity contribution in [3.05, 3.63) is 39.3 Å². The van der Waals surface area contributed by atoms with Gasteiger partial charge in [0.15, 0.2) is 5.82 Å². The molecule has 0 aliphatic heterocycles. The van der Waals surface area contributed by atoms with E-state index in [-0.39, 0.29) is 0 Å². The zero-order valence-corrected chi connectivity index (χ0v) is 11.9. The molecule has 0 bridgehead atoms. The van der Waals surface area contributed by atoms with Crippen LogP contribution in [0.25, 0.3) is 11.4 Å². The topological polar surface area (TPSA) is 38.7 Å². The number of aromatic nitrogens is 3. The summed E-state index contributed by atoms with van der Waals surface area (Å²) in [4.78, 5) is 12.9. The minimum absolute atomic E-state index is 0.523. The first-order valence-corrected chi connectivity index (χ1v) is 6.43. The van der Waals surface area contributed by atoms with Gasteiger partial charge in [0.25, 0.3) is 0 Å². The van der Waals surface area contributed by atoms with Gasteiger partial charge in [-0.1, -0.05) is 18.5 Å². The minimum atomic E-state index is 0.523. The van der Waals surface area contributed by atoms with Crippen molar-refractivity contribution in [3.8, 4) is 11.4 Å².